The van der Waals surface area contributed by atoms with Crippen molar-refractivity contribution in [3.8, 4) is 5.75 Å². The third-order valence-corrected chi connectivity index (χ3v) is 4.30. The number of hydrogen-bond acceptors (Lipinski definition) is 3. The molecule has 0 bridgehead atoms. The molecular weight excluding hydrogens is 314 g/mol. The molecule has 0 fully saturated rings. The van der Waals surface area contributed by atoms with Crippen molar-refractivity contribution in [1.29, 1.82) is 0 Å². The third-order valence-electron chi connectivity index (χ3n) is 4.30. The number of benzene rings is 2. The summed E-state index contributed by atoms with van der Waals surface area (Å²) in [7, 11) is 1.63. The van der Waals surface area contributed by atoms with Gasteiger partial charge < -0.3 is 14.8 Å². The Labute approximate surface area is 150 Å². The molecule has 1 N–H and O–H groups in total. The zero-order valence-electron chi connectivity index (χ0n) is 15.5. The van der Waals surface area contributed by atoms with Crippen LogP contribution in [0, 0.1) is 13.8 Å². The lowest BCUT2D eigenvalue weighted by Gasteiger charge is -2.13. The highest BCUT2D eigenvalue weighted by atomic mass is 16.5. The Balaban J connectivity index is 2.14. The summed E-state index contributed by atoms with van der Waals surface area (Å²) < 4.78 is 11.1. The molecule has 4 heteroatoms. The van der Waals surface area contributed by atoms with Crippen molar-refractivity contribution in [2.24, 2.45) is 0 Å². The number of aryl methyl sites for hydroxylation is 1. The second-order valence-corrected chi connectivity index (χ2v) is 6.13. The average molecular weight is 341 g/mol. The number of hydrogen-bond donors (Lipinski definition) is 1. The lowest BCUT2D eigenvalue weighted by atomic mass is 10.1. The first kappa shape index (κ1) is 19.0. The summed E-state index contributed by atoms with van der Waals surface area (Å²) in [6, 6.07) is 11.3. The van der Waals surface area contributed by atoms with Crippen LogP contribution in [-0.4, -0.2) is 19.6 Å². The molecule has 0 atom stereocenters. The first-order chi connectivity index (χ1) is 12.1. The molecule has 0 spiro atoms. The first-order valence-electron chi connectivity index (χ1n) is 8.69. The summed E-state index contributed by atoms with van der Waals surface area (Å²) in [6.45, 7) is 7.31. The van der Waals surface area contributed by atoms with E-state index < -0.39 is 0 Å². The minimum absolute atomic E-state index is 0.133. The fraction of sp³-hybridized carbons (Fsp3) is 0.381. The summed E-state index contributed by atoms with van der Waals surface area (Å²) in [5, 5.41) is 2.99. The van der Waals surface area contributed by atoms with Gasteiger partial charge >= 0.3 is 0 Å². The van der Waals surface area contributed by atoms with E-state index >= 15 is 0 Å². The van der Waals surface area contributed by atoms with Gasteiger partial charge in [-0.25, -0.2) is 0 Å². The van der Waals surface area contributed by atoms with E-state index in [1.54, 1.807) is 13.2 Å². The molecule has 1 amide bonds. The summed E-state index contributed by atoms with van der Waals surface area (Å²) in [4.78, 5) is 12.6. The van der Waals surface area contributed by atoms with E-state index in [0.717, 1.165) is 41.0 Å². The van der Waals surface area contributed by atoms with Crippen molar-refractivity contribution < 1.29 is 14.3 Å². The second-order valence-electron chi connectivity index (χ2n) is 6.13. The molecule has 0 saturated carbocycles. The van der Waals surface area contributed by atoms with Gasteiger partial charge in [0.1, 0.15) is 5.75 Å². The Bertz CT molecular complexity index is 725. The lowest BCUT2D eigenvalue weighted by Crippen LogP contribution is -2.13. The van der Waals surface area contributed by atoms with Crippen LogP contribution in [0.5, 0.6) is 5.75 Å². The molecule has 0 aromatic heterocycles. The van der Waals surface area contributed by atoms with Gasteiger partial charge in [-0.15, -0.1) is 0 Å². The number of rotatable bonds is 8. The lowest BCUT2D eigenvalue weighted by molar-refractivity contribution is 0.102. The summed E-state index contributed by atoms with van der Waals surface area (Å²) >= 11 is 0. The Morgan fingerprint density at radius 1 is 1.16 bits per heavy atom. The van der Waals surface area contributed by atoms with Crippen molar-refractivity contribution in [3.63, 3.8) is 0 Å². The highest BCUT2D eigenvalue weighted by Gasteiger charge is 2.12. The van der Waals surface area contributed by atoms with Crippen molar-refractivity contribution in [2.75, 3.05) is 19.0 Å². The van der Waals surface area contributed by atoms with Crippen LogP contribution in [-0.2, 0) is 11.3 Å². The fourth-order valence-electron chi connectivity index (χ4n) is 2.54. The van der Waals surface area contributed by atoms with E-state index in [2.05, 4.69) is 12.2 Å². The normalized spacial score (nSPS) is 10.6. The highest BCUT2D eigenvalue weighted by Crippen LogP contribution is 2.23. The van der Waals surface area contributed by atoms with E-state index in [9.17, 15) is 4.79 Å². The van der Waals surface area contributed by atoms with Gasteiger partial charge in [0.15, 0.2) is 0 Å². The number of unbranched alkanes of at least 4 members (excludes halogenated alkanes) is 1. The van der Waals surface area contributed by atoms with Crippen molar-refractivity contribution in [1.82, 2.24) is 0 Å². The van der Waals surface area contributed by atoms with Crippen LogP contribution in [0.25, 0.3) is 0 Å². The van der Waals surface area contributed by atoms with E-state index in [0.29, 0.717) is 18.8 Å². The van der Waals surface area contributed by atoms with Crippen LogP contribution in [0.3, 0.4) is 0 Å². The maximum absolute atomic E-state index is 12.6. The second kappa shape index (κ2) is 9.23. The molecule has 4 nitrogen and oxygen atoms in total. The highest BCUT2D eigenvalue weighted by molar-refractivity contribution is 6.04. The number of anilines is 1. The largest absolute Gasteiger partial charge is 0.496 e. The molecule has 0 saturated heterocycles. The quantitative estimate of drug-likeness (QED) is 0.696. The third kappa shape index (κ3) is 5.07. The number of ether oxygens (including phenoxy) is 2. The average Bonchev–Trinajstić information content (AvgIpc) is 2.62. The fourth-order valence-corrected chi connectivity index (χ4v) is 2.54. The van der Waals surface area contributed by atoms with Gasteiger partial charge in [0.2, 0.25) is 0 Å². The van der Waals surface area contributed by atoms with E-state index in [1.165, 1.54) is 0 Å². The van der Waals surface area contributed by atoms with Crippen LogP contribution in [0.1, 0.15) is 46.8 Å². The zero-order valence-corrected chi connectivity index (χ0v) is 15.5. The molecule has 0 aliphatic carbocycles. The molecule has 0 heterocycles. The molecule has 134 valence electrons. The van der Waals surface area contributed by atoms with Crippen LogP contribution >= 0.6 is 0 Å². The number of amides is 1. The summed E-state index contributed by atoms with van der Waals surface area (Å²) in [5.41, 5.74) is 4.54. The first-order valence-corrected chi connectivity index (χ1v) is 8.69. The molecule has 2 aromatic rings. The summed E-state index contributed by atoms with van der Waals surface area (Å²) in [6.07, 6.45) is 2.12. The van der Waals surface area contributed by atoms with Crippen molar-refractivity contribution >= 4 is 11.6 Å². The maximum Gasteiger partial charge on any atom is 0.255 e. The van der Waals surface area contributed by atoms with Gasteiger partial charge in [0.05, 0.1) is 13.7 Å². The van der Waals surface area contributed by atoms with Gasteiger partial charge in [0, 0.05) is 23.4 Å². The van der Waals surface area contributed by atoms with Crippen LogP contribution < -0.4 is 10.1 Å². The minimum Gasteiger partial charge on any atom is -0.496 e. The predicted octanol–water partition coefficient (Wildman–Crippen LogP) is 4.88. The topological polar surface area (TPSA) is 47.6 Å². The summed E-state index contributed by atoms with van der Waals surface area (Å²) in [5.74, 6) is 0.603. The number of nitrogens with one attached hydrogen (secondary N) is 1. The Hall–Kier alpha value is -2.33. The van der Waals surface area contributed by atoms with Gasteiger partial charge in [-0.05, 0) is 55.7 Å². The molecule has 0 unspecified atom stereocenters. The Morgan fingerprint density at radius 3 is 2.68 bits per heavy atom. The molecular formula is C21H27NO3. The Kier molecular flexibility index (Phi) is 7.02. The number of methoxy groups -OCH3 is 1. The SMILES string of the molecule is CCCCOCc1cc(C(=O)Nc2cccc(C)c2C)ccc1OC. The van der Waals surface area contributed by atoms with Crippen molar-refractivity contribution in [3.05, 3.63) is 58.7 Å². The Morgan fingerprint density at radius 2 is 1.96 bits per heavy atom. The van der Waals surface area contributed by atoms with Crippen LogP contribution in [0.2, 0.25) is 0 Å². The standard InChI is InChI=1S/C21H27NO3/c1-5-6-12-25-14-18-13-17(10-11-20(18)24-4)21(23)22-19-9-7-8-15(2)16(19)3/h7-11,13H,5-6,12,14H2,1-4H3,(H,22,23). The number of carbonyl (C=O) groups is 1. The van der Waals surface area contributed by atoms with Crippen molar-refractivity contribution in [2.45, 2.75) is 40.2 Å². The molecule has 25 heavy (non-hydrogen) atoms. The smallest absolute Gasteiger partial charge is 0.255 e. The van der Waals surface area contributed by atoms with Crippen LogP contribution in [0.4, 0.5) is 5.69 Å². The molecule has 0 aliphatic heterocycles. The van der Waals surface area contributed by atoms with Gasteiger partial charge in [-0.3, -0.25) is 4.79 Å². The predicted molar refractivity (Wildman–Crippen MR) is 101 cm³/mol. The minimum atomic E-state index is -0.133. The molecule has 0 radical (unpaired) electrons. The van der Waals surface area contributed by atoms with E-state index in [4.69, 9.17) is 9.47 Å². The maximum atomic E-state index is 12.6. The van der Waals surface area contributed by atoms with Gasteiger partial charge in [0.25, 0.3) is 5.91 Å². The molecule has 2 rings (SSSR count). The monoisotopic (exact) mass is 341 g/mol. The van der Waals surface area contributed by atoms with E-state index in [1.807, 2.05) is 44.2 Å². The molecule has 2 aromatic carbocycles. The van der Waals surface area contributed by atoms with Crippen LogP contribution in [0.15, 0.2) is 36.4 Å². The number of carbonyl (C=O) groups excluding carboxylic acids is 1. The zero-order chi connectivity index (χ0) is 18.2. The van der Waals surface area contributed by atoms with Gasteiger partial charge in [-0.1, -0.05) is 25.5 Å². The molecule has 0 aliphatic rings. The van der Waals surface area contributed by atoms with E-state index in [-0.39, 0.29) is 5.91 Å². The van der Waals surface area contributed by atoms with Gasteiger partial charge in [-0.2, -0.15) is 0 Å².